The zero-order valence-electron chi connectivity index (χ0n) is 22.0. The summed E-state index contributed by atoms with van der Waals surface area (Å²) in [4.78, 5) is 53.4. The van der Waals surface area contributed by atoms with Crippen molar-refractivity contribution in [3.05, 3.63) is 57.6 Å². The van der Waals surface area contributed by atoms with E-state index in [-0.39, 0.29) is 22.8 Å². The summed E-state index contributed by atoms with van der Waals surface area (Å²) < 4.78 is 5.42. The van der Waals surface area contributed by atoms with Crippen molar-refractivity contribution in [2.75, 3.05) is 23.9 Å². The van der Waals surface area contributed by atoms with Crippen molar-refractivity contribution in [2.45, 2.75) is 53.2 Å². The van der Waals surface area contributed by atoms with E-state index in [0.29, 0.717) is 16.3 Å². The summed E-state index contributed by atoms with van der Waals surface area (Å²) >= 11 is 12.2. The number of benzene rings is 2. The molecular formula is C27H32Cl2N2O6. The van der Waals surface area contributed by atoms with E-state index in [4.69, 9.17) is 27.9 Å². The highest BCUT2D eigenvalue weighted by molar-refractivity contribution is 6.42. The molecule has 0 unspecified atom stereocenters. The van der Waals surface area contributed by atoms with Gasteiger partial charge in [0.2, 0.25) is 11.7 Å². The zero-order valence-corrected chi connectivity index (χ0v) is 23.5. The van der Waals surface area contributed by atoms with E-state index in [1.54, 1.807) is 57.1 Å². The summed E-state index contributed by atoms with van der Waals surface area (Å²) in [7, 11) is 3.46. The molecule has 0 bridgehead atoms. The van der Waals surface area contributed by atoms with Crippen molar-refractivity contribution in [3.8, 4) is 0 Å². The number of carbonyl (C=O) groups excluding carboxylic acids is 3. The van der Waals surface area contributed by atoms with Gasteiger partial charge in [-0.1, -0.05) is 50.0 Å². The average molecular weight is 551 g/mol. The van der Waals surface area contributed by atoms with Gasteiger partial charge in [-0.3, -0.25) is 9.59 Å². The summed E-state index contributed by atoms with van der Waals surface area (Å²) in [6, 6.07) is 9.20. The highest BCUT2D eigenvalue weighted by atomic mass is 35.5. The molecule has 1 amide bonds. The van der Waals surface area contributed by atoms with Crippen LogP contribution in [0, 0.1) is 5.41 Å². The fraction of sp³-hybridized carbons (Fsp3) is 0.407. The van der Waals surface area contributed by atoms with Crippen molar-refractivity contribution in [1.82, 2.24) is 0 Å². The third-order valence-corrected chi connectivity index (χ3v) is 7.04. The van der Waals surface area contributed by atoms with E-state index >= 15 is 0 Å². The molecule has 0 fully saturated rings. The molecule has 0 saturated heterocycles. The molecule has 0 aliphatic carbocycles. The fourth-order valence-corrected chi connectivity index (χ4v) is 3.34. The van der Waals surface area contributed by atoms with Crippen LogP contribution in [0.25, 0.3) is 0 Å². The molecule has 2 aromatic carbocycles. The van der Waals surface area contributed by atoms with Crippen LogP contribution in [0.1, 0.15) is 57.0 Å². The smallest absolute Gasteiger partial charge is 0.375 e. The molecule has 10 heteroatoms. The molecule has 8 nitrogen and oxygen atoms in total. The minimum atomic E-state index is -1.18. The third-order valence-electron chi connectivity index (χ3n) is 6.30. The Bertz CT molecular complexity index is 1220. The van der Waals surface area contributed by atoms with Gasteiger partial charge in [-0.25, -0.2) is 9.59 Å². The molecule has 200 valence electrons. The molecule has 2 rings (SSSR count). The second-order valence-electron chi connectivity index (χ2n) is 10.4. The SMILES string of the molecule is CN(C)c1cc(C(=O)O)cc(N(Cc2ccc(Cl)c(Cl)c2)C(=O)CC(=O)C(=O)OC(C)(C)C(C)(C)C)c1. The lowest BCUT2D eigenvalue weighted by molar-refractivity contribution is -0.172. The lowest BCUT2D eigenvalue weighted by Crippen LogP contribution is -2.43. The lowest BCUT2D eigenvalue weighted by atomic mass is 9.79. The molecule has 0 aliphatic rings. The Morgan fingerprint density at radius 1 is 0.892 bits per heavy atom. The molecule has 0 aliphatic heterocycles. The van der Waals surface area contributed by atoms with Crippen LogP contribution in [0.4, 0.5) is 11.4 Å². The van der Waals surface area contributed by atoms with Crippen LogP contribution in [-0.4, -0.2) is 48.4 Å². The molecule has 2 aromatic rings. The van der Waals surface area contributed by atoms with Crippen LogP contribution in [0.5, 0.6) is 0 Å². The number of carboxylic acid groups (broad SMARTS) is 1. The number of anilines is 2. The number of ketones is 1. The van der Waals surface area contributed by atoms with Gasteiger partial charge in [0.05, 0.1) is 28.6 Å². The number of hydrogen-bond acceptors (Lipinski definition) is 6. The lowest BCUT2D eigenvalue weighted by Gasteiger charge is -2.37. The number of aromatic carboxylic acids is 1. The number of carboxylic acids is 1. The van der Waals surface area contributed by atoms with Crippen LogP contribution in [-0.2, 0) is 25.7 Å². The van der Waals surface area contributed by atoms with Gasteiger partial charge in [-0.2, -0.15) is 0 Å². The fourth-order valence-electron chi connectivity index (χ4n) is 3.02. The van der Waals surface area contributed by atoms with E-state index in [2.05, 4.69) is 0 Å². The molecule has 0 heterocycles. The quantitative estimate of drug-likeness (QED) is 0.245. The Labute approximate surface area is 227 Å². The van der Waals surface area contributed by atoms with Gasteiger partial charge in [0.25, 0.3) is 0 Å². The maximum atomic E-state index is 13.4. The second-order valence-corrected chi connectivity index (χ2v) is 11.2. The standard InChI is InChI=1S/C27H32Cl2N2O6/c1-26(2,3)27(4,5)37-25(36)22(32)14-23(33)31(15-16-8-9-20(28)21(29)10-16)19-12-17(24(34)35)11-18(13-19)30(6)7/h8-13H,14-15H2,1-7H3,(H,34,35). The number of ether oxygens (including phenoxy) is 1. The highest BCUT2D eigenvalue weighted by Crippen LogP contribution is 2.33. The molecule has 0 saturated carbocycles. The third kappa shape index (κ3) is 7.69. The second kappa shape index (κ2) is 11.5. The number of nitrogens with zero attached hydrogens (tertiary/aromatic N) is 2. The van der Waals surface area contributed by atoms with Gasteiger partial charge in [-0.15, -0.1) is 0 Å². The Morgan fingerprint density at radius 2 is 1.49 bits per heavy atom. The molecule has 0 radical (unpaired) electrons. The van der Waals surface area contributed by atoms with Crippen LogP contribution in [0.15, 0.2) is 36.4 Å². The minimum absolute atomic E-state index is 0.0502. The molecule has 0 aromatic heterocycles. The molecule has 0 atom stereocenters. The highest BCUT2D eigenvalue weighted by Gasteiger charge is 2.38. The summed E-state index contributed by atoms with van der Waals surface area (Å²) in [6.45, 7) is 8.93. The van der Waals surface area contributed by atoms with Crippen LogP contribution >= 0.6 is 23.2 Å². The predicted octanol–water partition coefficient (Wildman–Crippen LogP) is 5.62. The molecule has 37 heavy (non-hydrogen) atoms. The van der Waals surface area contributed by atoms with Gasteiger partial charge in [0.1, 0.15) is 5.60 Å². The van der Waals surface area contributed by atoms with E-state index in [9.17, 15) is 24.3 Å². The van der Waals surface area contributed by atoms with E-state index < -0.39 is 41.1 Å². The Morgan fingerprint density at radius 3 is 2.00 bits per heavy atom. The summed E-state index contributed by atoms with van der Waals surface area (Å²) in [6.07, 6.45) is -0.769. The van der Waals surface area contributed by atoms with Crippen molar-refractivity contribution >= 4 is 58.2 Å². The number of rotatable bonds is 9. The first kappa shape index (κ1) is 30.1. The van der Waals surface area contributed by atoms with Gasteiger partial charge in [-0.05, 0) is 49.7 Å². The van der Waals surface area contributed by atoms with E-state index in [1.165, 1.54) is 17.0 Å². The van der Waals surface area contributed by atoms with E-state index in [1.807, 2.05) is 20.8 Å². The number of amides is 1. The Kier molecular flexibility index (Phi) is 9.38. The first-order valence-electron chi connectivity index (χ1n) is 11.5. The summed E-state index contributed by atoms with van der Waals surface area (Å²) in [5.74, 6) is -4.02. The number of carbonyl (C=O) groups is 4. The Hall–Kier alpha value is -3.10. The minimum Gasteiger partial charge on any atom is -0.478 e. The van der Waals surface area contributed by atoms with Gasteiger partial charge in [0.15, 0.2) is 0 Å². The number of hydrogen-bond donors (Lipinski definition) is 1. The van der Waals surface area contributed by atoms with Crippen LogP contribution in [0.2, 0.25) is 10.0 Å². The number of Topliss-reactive ketones (excluding diaryl/α,β-unsaturated/α-hetero) is 1. The zero-order chi connectivity index (χ0) is 28.3. The molecule has 0 spiro atoms. The maximum absolute atomic E-state index is 13.4. The number of halogens is 2. The first-order chi connectivity index (χ1) is 16.9. The Balaban J connectivity index is 2.46. The van der Waals surface area contributed by atoms with E-state index in [0.717, 1.165) is 0 Å². The summed E-state index contributed by atoms with van der Waals surface area (Å²) in [5, 5.41) is 10.2. The maximum Gasteiger partial charge on any atom is 0.375 e. The average Bonchev–Trinajstić information content (AvgIpc) is 2.78. The predicted molar refractivity (Wildman–Crippen MR) is 145 cm³/mol. The first-order valence-corrected chi connectivity index (χ1v) is 12.2. The van der Waals surface area contributed by atoms with Gasteiger partial charge >= 0.3 is 11.9 Å². The normalized spacial score (nSPS) is 11.6. The largest absolute Gasteiger partial charge is 0.478 e. The van der Waals surface area contributed by atoms with Crippen LogP contribution < -0.4 is 9.80 Å². The number of esters is 1. The van der Waals surface area contributed by atoms with Gasteiger partial charge < -0.3 is 19.6 Å². The van der Waals surface area contributed by atoms with Crippen molar-refractivity contribution < 1.29 is 29.0 Å². The van der Waals surface area contributed by atoms with Crippen molar-refractivity contribution in [3.63, 3.8) is 0 Å². The van der Waals surface area contributed by atoms with Crippen molar-refractivity contribution in [1.29, 1.82) is 0 Å². The summed E-state index contributed by atoms with van der Waals surface area (Å²) in [5.41, 5.74) is -0.119. The monoisotopic (exact) mass is 550 g/mol. The van der Waals surface area contributed by atoms with Crippen molar-refractivity contribution in [2.24, 2.45) is 5.41 Å². The van der Waals surface area contributed by atoms with Crippen LogP contribution in [0.3, 0.4) is 0 Å². The molecular weight excluding hydrogens is 519 g/mol. The van der Waals surface area contributed by atoms with Gasteiger partial charge in [0, 0.05) is 30.9 Å². The topological polar surface area (TPSA) is 104 Å². The molecule has 1 N–H and O–H groups in total.